The Labute approximate surface area is 253 Å². The van der Waals surface area contributed by atoms with Gasteiger partial charge in [-0.2, -0.15) is 0 Å². The maximum atomic E-state index is 14.1. The Morgan fingerprint density at radius 2 is 1.60 bits per heavy atom. The molecule has 1 fully saturated rings. The zero-order valence-corrected chi connectivity index (χ0v) is 24.8. The summed E-state index contributed by atoms with van der Waals surface area (Å²) in [5, 5.41) is 5.30. The lowest BCUT2D eigenvalue weighted by atomic mass is 10.0. The monoisotopic (exact) mass is 573 g/mol. The molecule has 1 heterocycles. The Hall–Kier alpha value is -4.45. The first-order valence-corrected chi connectivity index (χ1v) is 15.5. The Morgan fingerprint density at radius 1 is 0.884 bits per heavy atom. The molecule has 0 saturated heterocycles. The Bertz CT molecular complexity index is 1600. The van der Waals surface area contributed by atoms with Crippen LogP contribution < -0.4 is 10.2 Å². The molecule has 2 aliphatic rings. The van der Waals surface area contributed by atoms with E-state index >= 15 is 0 Å². The number of aryl methyl sites for hydroxylation is 1. The second kappa shape index (κ2) is 12.8. The quantitative estimate of drug-likeness (QED) is 0.220. The first-order valence-electron chi connectivity index (χ1n) is 15.5. The molecule has 4 aromatic rings. The molecule has 0 spiro atoms. The van der Waals surface area contributed by atoms with Crippen molar-refractivity contribution in [1.29, 1.82) is 0 Å². The third kappa shape index (κ3) is 6.34. The number of carbonyl (C=O) groups excluding carboxylic acids is 3. The first kappa shape index (κ1) is 28.7. The molecule has 43 heavy (non-hydrogen) atoms. The molecule has 1 aliphatic carbocycles. The summed E-state index contributed by atoms with van der Waals surface area (Å²) in [6.45, 7) is 2.83. The summed E-state index contributed by atoms with van der Waals surface area (Å²) in [6, 6.07) is 29.4. The lowest BCUT2D eigenvalue weighted by Crippen LogP contribution is -2.52. The number of carbonyl (C=O) groups is 3. The molecule has 6 rings (SSSR count). The van der Waals surface area contributed by atoms with E-state index in [1.54, 1.807) is 9.80 Å². The summed E-state index contributed by atoms with van der Waals surface area (Å²) in [6.07, 6.45) is 5.38. The van der Waals surface area contributed by atoms with Crippen LogP contribution >= 0.6 is 0 Å². The fraction of sp³-hybridized carbons (Fsp3) is 0.324. The smallest absolute Gasteiger partial charge is 0.258 e. The second-order valence-electron chi connectivity index (χ2n) is 11.9. The summed E-state index contributed by atoms with van der Waals surface area (Å²) in [5.74, 6) is -0.188. The van der Waals surface area contributed by atoms with Crippen LogP contribution in [0.2, 0.25) is 0 Å². The summed E-state index contributed by atoms with van der Waals surface area (Å²) in [4.78, 5) is 44.8. The van der Waals surface area contributed by atoms with Crippen LogP contribution in [0.5, 0.6) is 0 Å². The number of nitrogens with one attached hydrogen (secondary N) is 1. The Kier molecular flexibility index (Phi) is 8.55. The second-order valence-corrected chi connectivity index (χ2v) is 11.9. The van der Waals surface area contributed by atoms with Gasteiger partial charge in [0, 0.05) is 42.9 Å². The van der Waals surface area contributed by atoms with Gasteiger partial charge >= 0.3 is 0 Å². The van der Waals surface area contributed by atoms with E-state index in [4.69, 9.17) is 0 Å². The Morgan fingerprint density at radius 3 is 2.35 bits per heavy atom. The van der Waals surface area contributed by atoms with Crippen molar-refractivity contribution >= 4 is 34.2 Å². The van der Waals surface area contributed by atoms with Crippen molar-refractivity contribution in [2.45, 2.75) is 70.5 Å². The number of hydrogen-bond acceptors (Lipinski definition) is 3. The highest BCUT2D eigenvalue weighted by Crippen LogP contribution is 2.37. The van der Waals surface area contributed by atoms with E-state index < -0.39 is 6.04 Å². The predicted molar refractivity (Wildman–Crippen MR) is 171 cm³/mol. The van der Waals surface area contributed by atoms with Crippen LogP contribution in [0.3, 0.4) is 0 Å². The van der Waals surface area contributed by atoms with Crippen molar-refractivity contribution in [3.05, 3.63) is 113 Å². The minimum atomic E-state index is -0.636. The topological polar surface area (TPSA) is 69.7 Å². The maximum absolute atomic E-state index is 14.1. The molecular formula is C37H39N3O3. The fourth-order valence-corrected chi connectivity index (χ4v) is 6.54. The molecule has 0 bridgehead atoms. The fourth-order valence-electron chi connectivity index (χ4n) is 6.54. The minimum absolute atomic E-state index is 0.0198. The maximum Gasteiger partial charge on any atom is 0.258 e. The average molecular weight is 574 g/mol. The molecule has 1 aliphatic heterocycles. The highest BCUT2D eigenvalue weighted by molar-refractivity contribution is 6.25. The molecule has 1 N–H and O–H groups in total. The molecule has 6 nitrogen and oxygen atoms in total. The minimum Gasteiger partial charge on any atom is -0.352 e. The van der Waals surface area contributed by atoms with Crippen LogP contribution in [0, 0.1) is 6.92 Å². The number of nitrogens with zero attached hydrogens (tertiary/aromatic N) is 2. The number of hydrogen-bond donors (Lipinski definition) is 1. The van der Waals surface area contributed by atoms with E-state index in [-0.39, 0.29) is 30.2 Å². The van der Waals surface area contributed by atoms with Gasteiger partial charge in [-0.3, -0.25) is 14.4 Å². The van der Waals surface area contributed by atoms with Gasteiger partial charge in [-0.1, -0.05) is 97.3 Å². The summed E-state index contributed by atoms with van der Waals surface area (Å²) < 4.78 is 0. The van der Waals surface area contributed by atoms with Crippen molar-refractivity contribution in [3.63, 3.8) is 0 Å². The van der Waals surface area contributed by atoms with Gasteiger partial charge < -0.3 is 15.1 Å². The van der Waals surface area contributed by atoms with Crippen LogP contribution in [0.25, 0.3) is 10.8 Å². The molecule has 3 amide bonds. The van der Waals surface area contributed by atoms with E-state index in [1.807, 2.05) is 97.9 Å². The van der Waals surface area contributed by atoms with Crippen LogP contribution in [-0.2, 0) is 22.6 Å². The summed E-state index contributed by atoms with van der Waals surface area (Å²) in [7, 11) is 0. The standard InChI is InChI=1S/C37H39N3O3/c1-26-19-21-28(22-20-26)25-40(33(24-27-10-3-2-4-11-27)36(42)38-30-14-5-6-15-30)34(41)18-9-23-39-32-17-8-13-29-12-7-16-31(35(29)32)37(39)43/h2-4,7-8,10-13,16-17,19-22,30,33H,5-6,9,14-15,18,23-25H2,1H3,(H,38,42)/t33-/m1/s1. The molecule has 1 atom stereocenters. The Balaban J connectivity index is 1.23. The van der Waals surface area contributed by atoms with E-state index in [9.17, 15) is 14.4 Å². The zero-order chi connectivity index (χ0) is 29.8. The normalized spacial score (nSPS) is 15.2. The van der Waals surface area contributed by atoms with E-state index in [2.05, 4.69) is 5.32 Å². The molecule has 6 heteroatoms. The van der Waals surface area contributed by atoms with Crippen molar-refractivity contribution in [3.8, 4) is 0 Å². The van der Waals surface area contributed by atoms with Gasteiger partial charge in [-0.15, -0.1) is 0 Å². The van der Waals surface area contributed by atoms with Crippen LogP contribution in [0.15, 0.2) is 91.0 Å². The number of anilines is 1. The lowest BCUT2D eigenvalue weighted by molar-refractivity contribution is -0.141. The molecule has 220 valence electrons. The summed E-state index contributed by atoms with van der Waals surface area (Å²) >= 11 is 0. The SMILES string of the molecule is Cc1ccc(CN(C(=O)CCCN2C(=O)c3cccc4cccc2c34)[C@H](Cc2ccccc2)C(=O)NC2CCCC2)cc1. The van der Waals surface area contributed by atoms with Gasteiger partial charge in [0.15, 0.2) is 0 Å². The molecule has 0 radical (unpaired) electrons. The van der Waals surface area contributed by atoms with E-state index in [1.165, 1.54) is 0 Å². The number of rotatable bonds is 11. The summed E-state index contributed by atoms with van der Waals surface area (Å²) in [5.41, 5.74) is 4.77. The average Bonchev–Trinajstić information content (AvgIpc) is 3.63. The van der Waals surface area contributed by atoms with Crippen LogP contribution in [-0.4, -0.2) is 41.2 Å². The predicted octanol–water partition coefficient (Wildman–Crippen LogP) is 6.59. The van der Waals surface area contributed by atoms with E-state index in [0.717, 1.165) is 58.8 Å². The van der Waals surface area contributed by atoms with Crippen molar-refractivity contribution in [2.75, 3.05) is 11.4 Å². The molecular weight excluding hydrogens is 534 g/mol. The van der Waals surface area contributed by atoms with Crippen molar-refractivity contribution in [1.82, 2.24) is 10.2 Å². The highest BCUT2D eigenvalue weighted by Gasteiger charge is 2.33. The lowest BCUT2D eigenvalue weighted by Gasteiger charge is -2.32. The number of amides is 3. The largest absolute Gasteiger partial charge is 0.352 e. The molecule has 4 aromatic carbocycles. The highest BCUT2D eigenvalue weighted by atomic mass is 16.2. The van der Waals surface area contributed by atoms with Crippen LogP contribution in [0.4, 0.5) is 5.69 Å². The van der Waals surface area contributed by atoms with Gasteiger partial charge in [-0.25, -0.2) is 0 Å². The van der Waals surface area contributed by atoms with Gasteiger partial charge in [0.25, 0.3) is 5.91 Å². The van der Waals surface area contributed by atoms with E-state index in [0.29, 0.717) is 31.5 Å². The van der Waals surface area contributed by atoms with Gasteiger partial charge in [0.2, 0.25) is 11.8 Å². The van der Waals surface area contributed by atoms with Gasteiger partial charge in [0.05, 0.1) is 5.69 Å². The van der Waals surface area contributed by atoms with Crippen molar-refractivity contribution in [2.24, 2.45) is 0 Å². The third-order valence-electron chi connectivity index (χ3n) is 8.87. The molecule has 1 saturated carbocycles. The van der Waals surface area contributed by atoms with Crippen molar-refractivity contribution < 1.29 is 14.4 Å². The number of benzene rings is 4. The third-order valence-corrected chi connectivity index (χ3v) is 8.87. The molecule has 0 unspecified atom stereocenters. The van der Waals surface area contributed by atoms with Crippen LogP contribution in [0.1, 0.15) is 65.6 Å². The van der Waals surface area contributed by atoms with Gasteiger partial charge in [0.1, 0.15) is 6.04 Å². The first-order chi connectivity index (χ1) is 21.0. The zero-order valence-electron chi connectivity index (χ0n) is 24.8. The van der Waals surface area contributed by atoms with Gasteiger partial charge in [-0.05, 0) is 54.8 Å². The molecule has 0 aromatic heterocycles.